The number of H-pyrrole nitrogens is 1. The van der Waals surface area contributed by atoms with Gasteiger partial charge in [-0.3, -0.25) is 0 Å². The molecule has 0 radical (unpaired) electrons. The third-order valence-electron chi connectivity index (χ3n) is 4.44. The van der Waals surface area contributed by atoms with Gasteiger partial charge in [0.05, 0.1) is 0 Å². The monoisotopic (exact) mass is 504 g/mol. The molecule has 1 aromatic heterocycles. The molecule has 2 amide bonds. The molecule has 8 heteroatoms. The molecule has 28 heavy (non-hydrogen) atoms. The van der Waals surface area contributed by atoms with Gasteiger partial charge in [0.25, 0.3) is 0 Å². The molecule has 1 aliphatic rings. The normalized spacial score (nSPS) is 16.1. The van der Waals surface area contributed by atoms with Crippen LogP contribution in [0.4, 0.5) is 11.4 Å². The summed E-state index contributed by atoms with van der Waals surface area (Å²) in [5, 5.41) is 3.53. The van der Waals surface area contributed by atoms with Crippen molar-refractivity contribution in [3.05, 3.63) is 70.0 Å². The Morgan fingerprint density at radius 3 is 2.71 bits per heavy atom. The summed E-state index contributed by atoms with van der Waals surface area (Å²) in [6.45, 7) is 1.57. The van der Waals surface area contributed by atoms with Crippen LogP contribution in [0.2, 0.25) is 0 Å². The summed E-state index contributed by atoms with van der Waals surface area (Å²) in [7, 11) is 0. The van der Waals surface area contributed by atoms with Crippen LogP contribution >= 0.6 is 15.9 Å². The van der Waals surface area contributed by atoms with Gasteiger partial charge < -0.3 is 0 Å². The van der Waals surface area contributed by atoms with Crippen LogP contribution in [-0.2, 0) is 9.59 Å². The van der Waals surface area contributed by atoms with Crippen molar-refractivity contribution < 1.29 is 9.59 Å². The molecule has 1 atom stereocenters. The Kier molecular flexibility index (Phi) is 5.26. The number of benzene rings is 2. The van der Waals surface area contributed by atoms with Crippen molar-refractivity contribution in [1.29, 1.82) is 0 Å². The van der Waals surface area contributed by atoms with E-state index < -0.39 is 0 Å². The number of aromatic nitrogens is 1. The first-order chi connectivity index (χ1) is 13.6. The van der Waals surface area contributed by atoms with E-state index in [-0.39, 0.29) is 25.9 Å². The van der Waals surface area contributed by atoms with Gasteiger partial charge in [0.15, 0.2) is 0 Å². The quantitative estimate of drug-likeness (QED) is 0.414. The number of carbonyl (C=O) groups is 2. The zero-order valence-corrected chi connectivity index (χ0v) is 18.2. The van der Waals surface area contributed by atoms with Crippen LogP contribution in [0, 0.1) is 0 Å². The number of carbonyl (C=O) groups excluding carboxylic acids is 2. The molecule has 0 aliphatic carbocycles. The number of hydrogen-bond acceptors (Lipinski definition) is 3. The fourth-order valence-corrected chi connectivity index (χ4v) is 5.95. The van der Waals surface area contributed by atoms with E-state index in [1.54, 1.807) is 11.8 Å². The molecule has 142 valence electrons. The number of nitrogens with zero attached hydrogens (tertiary/aromatic N) is 2. The van der Waals surface area contributed by atoms with E-state index in [1.165, 1.54) is 0 Å². The summed E-state index contributed by atoms with van der Waals surface area (Å²) in [6.07, 6.45) is 4.46. The summed E-state index contributed by atoms with van der Waals surface area (Å²) >= 11 is 3.29. The molecule has 0 fully saturated rings. The molecule has 0 spiro atoms. The first-order valence-corrected chi connectivity index (χ1v) is 11.2. The molecule has 0 saturated carbocycles. The van der Waals surface area contributed by atoms with Crippen LogP contribution in [0.25, 0.3) is 10.9 Å². The third kappa shape index (κ3) is 3.46. The van der Waals surface area contributed by atoms with Crippen molar-refractivity contribution in [2.24, 2.45) is 0 Å². The van der Waals surface area contributed by atoms with Gasteiger partial charge in [-0.05, 0) is 0 Å². The summed E-state index contributed by atoms with van der Waals surface area (Å²) in [5.74, 6) is -0.0560. The first-order valence-electron chi connectivity index (χ1n) is 8.57. The second kappa shape index (κ2) is 7.83. The van der Waals surface area contributed by atoms with E-state index >= 15 is 0 Å². The van der Waals surface area contributed by atoms with Gasteiger partial charge in [0.2, 0.25) is 0 Å². The van der Waals surface area contributed by atoms with E-state index in [0.717, 1.165) is 31.3 Å². The van der Waals surface area contributed by atoms with Gasteiger partial charge in [0, 0.05) is 0 Å². The summed E-state index contributed by atoms with van der Waals surface area (Å²) in [4.78, 5) is 30.8. The van der Waals surface area contributed by atoms with E-state index in [1.807, 2.05) is 65.8 Å². The first kappa shape index (κ1) is 18.8. The number of aromatic amines is 1. The maximum absolute atomic E-state index is 12.7. The topological polar surface area (TPSA) is 68.4 Å². The Balaban J connectivity index is 1.79. The number of halogens is 1. The molecule has 1 unspecified atom stereocenters. The number of fused-ring (bicyclic) bond motifs is 1. The zero-order chi connectivity index (χ0) is 19.7. The Bertz CT molecular complexity index is 1060. The molecule has 2 heterocycles. The van der Waals surface area contributed by atoms with Crippen molar-refractivity contribution in [3.8, 4) is 0 Å². The van der Waals surface area contributed by atoms with E-state index in [0.29, 0.717) is 6.41 Å². The third-order valence-corrected chi connectivity index (χ3v) is 7.33. The van der Waals surface area contributed by atoms with Crippen molar-refractivity contribution >= 4 is 65.5 Å². The Morgan fingerprint density at radius 2 is 2.00 bits per heavy atom. The predicted molar refractivity (Wildman–Crippen MR) is 115 cm³/mol. The molecule has 4 rings (SSSR count). The van der Waals surface area contributed by atoms with Crippen molar-refractivity contribution in [2.75, 3.05) is 9.80 Å². The number of amides is 2. The molecule has 1 aliphatic heterocycles. The minimum atomic E-state index is -0.229. The SMILES string of the molecule is CC(=O)N(c1c[nH]c2ccccc12)C1[Se]C(NC=O)=CN1c1ccc(Br)cc1. The second-order valence-corrected chi connectivity index (χ2v) is 9.41. The number of rotatable bonds is 5. The predicted octanol–water partition coefficient (Wildman–Crippen LogP) is 3.34. The molecule has 2 N–H and O–H groups in total. The van der Waals surface area contributed by atoms with E-state index in [9.17, 15) is 9.59 Å². The van der Waals surface area contributed by atoms with E-state index in [4.69, 9.17) is 0 Å². The van der Waals surface area contributed by atoms with Crippen molar-refractivity contribution in [2.45, 2.75) is 12.0 Å². The summed E-state index contributed by atoms with van der Waals surface area (Å²) < 4.78 is 1.80. The van der Waals surface area contributed by atoms with Crippen LogP contribution in [0.1, 0.15) is 6.92 Å². The Hall–Kier alpha value is -2.54. The van der Waals surface area contributed by atoms with Gasteiger partial charge in [-0.25, -0.2) is 0 Å². The molecule has 0 saturated heterocycles. The molecular formula is C20H17BrN4O2Se. The Morgan fingerprint density at radius 1 is 1.25 bits per heavy atom. The average Bonchev–Trinajstić information content (AvgIpc) is 3.28. The number of nitrogens with one attached hydrogen (secondary N) is 2. The van der Waals surface area contributed by atoms with Crippen LogP contribution in [0.3, 0.4) is 0 Å². The molecular weight excluding hydrogens is 487 g/mol. The van der Waals surface area contributed by atoms with Gasteiger partial charge in [0.1, 0.15) is 0 Å². The van der Waals surface area contributed by atoms with Crippen molar-refractivity contribution in [3.63, 3.8) is 0 Å². The molecule has 0 bridgehead atoms. The number of para-hydroxylation sites is 1. The summed E-state index contributed by atoms with van der Waals surface area (Å²) in [6, 6.07) is 15.8. The number of anilines is 2. The average molecular weight is 504 g/mol. The van der Waals surface area contributed by atoms with Crippen LogP contribution in [0.5, 0.6) is 0 Å². The fourth-order valence-electron chi connectivity index (χ4n) is 3.21. The van der Waals surface area contributed by atoms with Gasteiger partial charge >= 0.3 is 177 Å². The Labute approximate surface area is 176 Å². The van der Waals surface area contributed by atoms with Gasteiger partial charge in [-0.2, -0.15) is 0 Å². The molecule has 3 aromatic rings. The number of hydrogen-bond donors (Lipinski definition) is 2. The molecule has 2 aromatic carbocycles. The van der Waals surface area contributed by atoms with Gasteiger partial charge in [-0.15, -0.1) is 0 Å². The van der Waals surface area contributed by atoms with Crippen molar-refractivity contribution in [1.82, 2.24) is 10.3 Å². The maximum atomic E-state index is 12.7. The van der Waals surface area contributed by atoms with Crippen LogP contribution < -0.4 is 15.1 Å². The fraction of sp³-hybridized carbons (Fsp3) is 0.100. The van der Waals surface area contributed by atoms with E-state index in [2.05, 4.69) is 26.2 Å². The van der Waals surface area contributed by atoms with Gasteiger partial charge in [-0.1, -0.05) is 0 Å². The summed E-state index contributed by atoms with van der Waals surface area (Å²) in [5.41, 5.74) is 2.75. The zero-order valence-electron chi connectivity index (χ0n) is 14.9. The van der Waals surface area contributed by atoms with Crippen LogP contribution in [-0.4, -0.2) is 37.3 Å². The second-order valence-electron chi connectivity index (χ2n) is 6.19. The minimum absolute atomic E-state index is 0.0560. The molecule has 6 nitrogen and oxygen atoms in total. The van der Waals surface area contributed by atoms with Crippen LogP contribution in [0.15, 0.2) is 70.0 Å². The standard InChI is InChI=1S/C20H17BrN4O2Se/c1-13(27)25(18-10-22-17-5-3-2-4-16(17)18)20-24(11-19(28-20)23-12-26)15-8-6-14(21)7-9-15/h2-12,20,22H,1H3,(H,23,26).